The van der Waals surface area contributed by atoms with Gasteiger partial charge in [0.2, 0.25) is 5.78 Å². The van der Waals surface area contributed by atoms with Gasteiger partial charge in [-0.2, -0.15) is 0 Å². The van der Waals surface area contributed by atoms with E-state index < -0.39 is 18.4 Å². The molecule has 0 heterocycles. The SMILES string of the molecule is O=C(COc1ccccc1)OCC(=O)c1cc(Cl)ccc1Cl. The number of benzene rings is 2. The predicted molar refractivity (Wildman–Crippen MR) is 83.7 cm³/mol. The lowest BCUT2D eigenvalue weighted by molar-refractivity contribution is -0.144. The van der Waals surface area contributed by atoms with E-state index in [0.717, 1.165) is 0 Å². The molecule has 0 saturated carbocycles. The molecule has 0 amide bonds. The van der Waals surface area contributed by atoms with Gasteiger partial charge in [0.25, 0.3) is 0 Å². The Hall–Kier alpha value is -2.04. The third kappa shape index (κ3) is 4.76. The third-order valence-electron chi connectivity index (χ3n) is 2.69. The average molecular weight is 339 g/mol. The molecular formula is C16H12Cl2O4. The van der Waals surface area contributed by atoms with Crippen LogP contribution in [0.15, 0.2) is 48.5 Å². The summed E-state index contributed by atoms with van der Waals surface area (Å²) in [5, 5.41) is 0.637. The van der Waals surface area contributed by atoms with Crippen LogP contribution in [0.25, 0.3) is 0 Å². The Labute approximate surface area is 137 Å². The normalized spacial score (nSPS) is 10.1. The molecule has 0 aliphatic rings. The number of esters is 1. The second kappa shape index (κ2) is 7.82. The van der Waals surface area contributed by atoms with E-state index in [1.165, 1.54) is 12.1 Å². The number of halogens is 2. The van der Waals surface area contributed by atoms with Gasteiger partial charge in [-0.3, -0.25) is 4.79 Å². The van der Waals surface area contributed by atoms with Crippen molar-refractivity contribution in [2.24, 2.45) is 0 Å². The van der Waals surface area contributed by atoms with Crippen molar-refractivity contribution < 1.29 is 19.1 Å². The summed E-state index contributed by atoms with van der Waals surface area (Å²) in [6.07, 6.45) is 0. The maximum Gasteiger partial charge on any atom is 0.344 e. The van der Waals surface area contributed by atoms with Crippen LogP contribution in [0.1, 0.15) is 10.4 Å². The molecule has 0 radical (unpaired) electrons. The van der Waals surface area contributed by atoms with Gasteiger partial charge in [0.1, 0.15) is 5.75 Å². The van der Waals surface area contributed by atoms with Crippen molar-refractivity contribution >= 4 is 35.0 Å². The van der Waals surface area contributed by atoms with Crippen molar-refractivity contribution in [2.75, 3.05) is 13.2 Å². The first kappa shape index (κ1) is 16.3. The summed E-state index contributed by atoms with van der Waals surface area (Å²) in [7, 11) is 0. The first-order chi connectivity index (χ1) is 10.6. The lowest BCUT2D eigenvalue weighted by Crippen LogP contribution is -2.19. The van der Waals surface area contributed by atoms with Crippen LogP contribution in [-0.4, -0.2) is 25.0 Å². The summed E-state index contributed by atoms with van der Waals surface area (Å²) in [5.74, 6) is -0.528. The van der Waals surface area contributed by atoms with E-state index in [0.29, 0.717) is 10.8 Å². The number of hydrogen-bond acceptors (Lipinski definition) is 4. The fourth-order valence-electron chi connectivity index (χ4n) is 1.64. The summed E-state index contributed by atoms with van der Waals surface area (Å²) >= 11 is 11.7. The Bertz CT molecular complexity index is 671. The lowest BCUT2D eigenvalue weighted by atomic mass is 10.1. The van der Waals surface area contributed by atoms with Crippen LogP contribution < -0.4 is 4.74 Å². The van der Waals surface area contributed by atoms with E-state index in [9.17, 15) is 9.59 Å². The molecule has 0 spiro atoms. The lowest BCUT2D eigenvalue weighted by Gasteiger charge is -2.07. The number of rotatable bonds is 6. The smallest absolute Gasteiger partial charge is 0.344 e. The van der Waals surface area contributed by atoms with E-state index in [4.69, 9.17) is 32.7 Å². The van der Waals surface area contributed by atoms with E-state index in [1.54, 1.807) is 30.3 Å². The monoisotopic (exact) mass is 338 g/mol. The summed E-state index contributed by atoms with van der Waals surface area (Å²) < 4.78 is 10.1. The van der Waals surface area contributed by atoms with Gasteiger partial charge >= 0.3 is 5.97 Å². The van der Waals surface area contributed by atoms with Gasteiger partial charge in [-0.1, -0.05) is 41.4 Å². The minimum atomic E-state index is -0.643. The molecule has 0 aromatic heterocycles. The van der Waals surface area contributed by atoms with Crippen molar-refractivity contribution in [3.05, 3.63) is 64.1 Å². The zero-order chi connectivity index (χ0) is 15.9. The zero-order valence-corrected chi connectivity index (χ0v) is 12.9. The number of Topliss-reactive ketones (excluding diaryl/α,β-unsaturated/α-hetero) is 1. The quantitative estimate of drug-likeness (QED) is 0.593. The minimum Gasteiger partial charge on any atom is -0.482 e. The molecule has 0 aliphatic carbocycles. The second-order valence-electron chi connectivity index (χ2n) is 4.31. The molecule has 2 aromatic carbocycles. The van der Waals surface area contributed by atoms with E-state index in [2.05, 4.69) is 0 Å². The van der Waals surface area contributed by atoms with Gasteiger partial charge < -0.3 is 9.47 Å². The minimum absolute atomic E-state index is 0.214. The summed E-state index contributed by atoms with van der Waals surface area (Å²) in [6, 6.07) is 13.3. The first-order valence-corrected chi connectivity index (χ1v) is 7.13. The average Bonchev–Trinajstić information content (AvgIpc) is 2.54. The Balaban J connectivity index is 1.83. The van der Waals surface area contributed by atoms with Crippen molar-refractivity contribution in [2.45, 2.75) is 0 Å². The van der Waals surface area contributed by atoms with Crippen molar-refractivity contribution in [1.82, 2.24) is 0 Å². The summed E-state index contributed by atoms with van der Waals surface area (Å²) in [5.41, 5.74) is 0.214. The van der Waals surface area contributed by atoms with Gasteiger partial charge in [-0.05, 0) is 30.3 Å². The molecule has 0 unspecified atom stereocenters. The highest BCUT2D eigenvalue weighted by Gasteiger charge is 2.14. The van der Waals surface area contributed by atoms with Gasteiger partial charge in [0.05, 0.1) is 5.02 Å². The highest BCUT2D eigenvalue weighted by atomic mass is 35.5. The van der Waals surface area contributed by atoms with Crippen LogP contribution in [0.4, 0.5) is 0 Å². The number of carbonyl (C=O) groups excluding carboxylic acids is 2. The molecule has 6 heteroatoms. The van der Waals surface area contributed by atoms with Crippen LogP contribution in [0.5, 0.6) is 5.75 Å². The number of ketones is 1. The van der Waals surface area contributed by atoms with E-state index >= 15 is 0 Å². The van der Waals surface area contributed by atoms with Crippen LogP contribution in [-0.2, 0) is 9.53 Å². The largest absolute Gasteiger partial charge is 0.482 e. The maximum absolute atomic E-state index is 11.9. The Morgan fingerprint density at radius 1 is 0.955 bits per heavy atom. The molecule has 2 rings (SSSR count). The number of para-hydroxylation sites is 1. The van der Waals surface area contributed by atoms with Crippen LogP contribution in [0, 0.1) is 0 Å². The molecule has 0 atom stereocenters. The van der Waals surface area contributed by atoms with Crippen LogP contribution >= 0.6 is 23.2 Å². The van der Waals surface area contributed by atoms with E-state index in [-0.39, 0.29) is 17.2 Å². The van der Waals surface area contributed by atoms with Gasteiger partial charge in [-0.15, -0.1) is 0 Å². The fourth-order valence-corrected chi connectivity index (χ4v) is 2.03. The Morgan fingerprint density at radius 2 is 1.68 bits per heavy atom. The van der Waals surface area contributed by atoms with Gasteiger partial charge in [-0.25, -0.2) is 4.79 Å². The summed E-state index contributed by atoms with van der Waals surface area (Å²) in [4.78, 5) is 23.5. The molecule has 4 nitrogen and oxygen atoms in total. The molecule has 0 bridgehead atoms. The highest BCUT2D eigenvalue weighted by Crippen LogP contribution is 2.21. The second-order valence-corrected chi connectivity index (χ2v) is 5.15. The third-order valence-corrected chi connectivity index (χ3v) is 3.26. The van der Waals surface area contributed by atoms with Crippen LogP contribution in [0.2, 0.25) is 10.0 Å². The number of ether oxygens (including phenoxy) is 2. The Kier molecular flexibility index (Phi) is 5.81. The number of hydrogen-bond donors (Lipinski definition) is 0. The fraction of sp³-hybridized carbons (Fsp3) is 0.125. The van der Waals surface area contributed by atoms with Crippen molar-refractivity contribution in [3.63, 3.8) is 0 Å². The predicted octanol–water partition coefficient (Wildman–Crippen LogP) is 3.80. The maximum atomic E-state index is 11.9. The standard InChI is InChI=1S/C16H12Cl2O4/c17-11-6-7-14(18)13(8-11)15(19)9-22-16(20)10-21-12-4-2-1-3-5-12/h1-8H,9-10H2. The summed E-state index contributed by atoms with van der Waals surface area (Å²) in [6.45, 7) is -0.697. The molecule has 0 aliphatic heterocycles. The number of carbonyl (C=O) groups is 2. The van der Waals surface area contributed by atoms with Crippen molar-refractivity contribution in [1.29, 1.82) is 0 Å². The molecule has 22 heavy (non-hydrogen) atoms. The zero-order valence-electron chi connectivity index (χ0n) is 11.4. The highest BCUT2D eigenvalue weighted by molar-refractivity contribution is 6.36. The van der Waals surface area contributed by atoms with Gasteiger partial charge in [0, 0.05) is 10.6 Å². The first-order valence-electron chi connectivity index (χ1n) is 6.38. The molecule has 0 fully saturated rings. The van der Waals surface area contributed by atoms with Gasteiger partial charge in [0.15, 0.2) is 13.2 Å². The molecule has 114 valence electrons. The molecule has 2 aromatic rings. The van der Waals surface area contributed by atoms with E-state index in [1.807, 2.05) is 6.07 Å². The molecular weight excluding hydrogens is 327 g/mol. The molecule has 0 N–H and O–H groups in total. The van der Waals surface area contributed by atoms with Crippen LogP contribution in [0.3, 0.4) is 0 Å². The Morgan fingerprint density at radius 3 is 2.41 bits per heavy atom. The topological polar surface area (TPSA) is 52.6 Å². The molecule has 0 saturated heterocycles. The van der Waals surface area contributed by atoms with Crippen molar-refractivity contribution in [3.8, 4) is 5.75 Å².